The zero-order valence-electron chi connectivity index (χ0n) is 7.72. The van der Waals surface area contributed by atoms with Crippen molar-refractivity contribution < 1.29 is 9.84 Å². The first-order valence-corrected chi connectivity index (χ1v) is 4.98. The summed E-state index contributed by atoms with van der Waals surface area (Å²) in [6, 6.07) is 0. The first kappa shape index (κ1) is 10.3. The van der Waals surface area contributed by atoms with E-state index in [1.54, 1.807) is 6.92 Å². The van der Waals surface area contributed by atoms with Gasteiger partial charge in [-0.15, -0.1) is 11.6 Å². The number of hydrogen-bond donors (Lipinski definition) is 1. The second kappa shape index (κ2) is 3.95. The van der Waals surface area contributed by atoms with E-state index in [1.807, 2.05) is 0 Å². The second-order valence-electron chi connectivity index (χ2n) is 3.77. The quantitative estimate of drug-likeness (QED) is 0.678. The summed E-state index contributed by atoms with van der Waals surface area (Å²) in [6.45, 7) is 4.37. The normalized spacial score (nSPS) is 43.0. The standard InChI is InChI=1S/C9H17ClO2/c1-3-4-7-5-9(2,11)8(10)6-12-7/h7-8,11H,3-6H2,1-2H3. The van der Waals surface area contributed by atoms with Crippen LogP contribution in [0.25, 0.3) is 0 Å². The molecule has 0 spiro atoms. The van der Waals surface area contributed by atoms with Crippen molar-refractivity contribution in [3.05, 3.63) is 0 Å². The number of alkyl halides is 1. The lowest BCUT2D eigenvalue weighted by Crippen LogP contribution is -2.47. The van der Waals surface area contributed by atoms with Gasteiger partial charge in [0.25, 0.3) is 0 Å². The molecule has 1 saturated heterocycles. The summed E-state index contributed by atoms with van der Waals surface area (Å²) in [6.07, 6.45) is 2.96. The molecule has 0 bridgehead atoms. The Kier molecular flexibility index (Phi) is 3.38. The van der Waals surface area contributed by atoms with Gasteiger partial charge >= 0.3 is 0 Å². The van der Waals surface area contributed by atoms with Gasteiger partial charge in [-0.2, -0.15) is 0 Å². The van der Waals surface area contributed by atoms with Crippen LogP contribution in [-0.4, -0.2) is 28.8 Å². The second-order valence-corrected chi connectivity index (χ2v) is 4.30. The van der Waals surface area contributed by atoms with Crippen LogP contribution < -0.4 is 0 Å². The largest absolute Gasteiger partial charge is 0.388 e. The van der Waals surface area contributed by atoms with Crippen molar-refractivity contribution in [1.29, 1.82) is 0 Å². The Balaban J connectivity index is 2.45. The van der Waals surface area contributed by atoms with Gasteiger partial charge in [0.2, 0.25) is 0 Å². The highest BCUT2D eigenvalue weighted by atomic mass is 35.5. The van der Waals surface area contributed by atoms with Gasteiger partial charge < -0.3 is 9.84 Å². The summed E-state index contributed by atoms with van der Waals surface area (Å²) in [5.74, 6) is 0. The molecule has 12 heavy (non-hydrogen) atoms. The number of aliphatic hydroxyl groups is 1. The smallest absolute Gasteiger partial charge is 0.0855 e. The van der Waals surface area contributed by atoms with Crippen molar-refractivity contribution in [3.8, 4) is 0 Å². The highest BCUT2D eigenvalue weighted by Crippen LogP contribution is 2.30. The van der Waals surface area contributed by atoms with Gasteiger partial charge in [-0.3, -0.25) is 0 Å². The van der Waals surface area contributed by atoms with Crippen LogP contribution in [0.3, 0.4) is 0 Å². The van der Waals surface area contributed by atoms with Gasteiger partial charge in [-0.05, 0) is 13.3 Å². The summed E-state index contributed by atoms with van der Waals surface area (Å²) in [7, 11) is 0. The zero-order chi connectivity index (χ0) is 9.19. The molecule has 0 amide bonds. The molecule has 1 rings (SSSR count). The topological polar surface area (TPSA) is 29.5 Å². The van der Waals surface area contributed by atoms with E-state index < -0.39 is 5.60 Å². The van der Waals surface area contributed by atoms with Crippen LogP contribution >= 0.6 is 11.6 Å². The molecule has 3 atom stereocenters. The molecule has 1 aliphatic heterocycles. The van der Waals surface area contributed by atoms with Crippen LogP contribution in [-0.2, 0) is 4.74 Å². The Morgan fingerprint density at radius 1 is 1.67 bits per heavy atom. The highest BCUT2D eigenvalue weighted by Gasteiger charge is 2.37. The molecule has 1 fully saturated rings. The summed E-state index contributed by atoms with van der Waals surface area (Å²) in [4.78, 5) is 0. The molecule has 1 N–H and O–H groups in total. The van der Waals surface area contributed by atoms with Crippen LogP contribution in [0.2, 0.25) is 0 Å². The Morgan fingerprint density at radius 3 is 2.83 bits per heavy atom. The predicted molar refractivity (Wildman–Crippen MR) is 49.5 cm³/mol. The monoisotopic (exact) mass is 192 g/mol. The third kappa shape index (κ3) is 2.35. The Morgan fingerprint density at radius 2 is 2.33 bits per heavy atom. The molecule has 2 nitrogen and oxygen atoms in total. The van der Waals surface area contributed by atoms with Gasteiger partial charge in [-0.25, -0.2) is 0 Å². The first-order chi connectivity index (χ1) is 5.56. The summed E-state index contributed by atoms with van der Waals surface area (Å²) < 4.78 is 5.47. The fourth-order valence-corrected chi connectivity index (χ4v) is 1.72. The highest BCUT2D eigenvalue weighted by molar-refractivity contribution is 6.21. The minimum Gasteiger partial charge on any atom is -0.388 e. The maximum atomic E-state index is 9.83. The van der Waals surface area contributed by atoms with E-state index in [4.69, 9.17) is 16.3 Å². The van der Waals surface area contributed by atoms with E-state index >= 15 is 0 Å². The molecular weight excluding hydrogens is 176 g/mol. The van der Waals surface area contributed by atoms with E-state index in [0.29, 0.717) is 13.0 Å². The van der Waals surface area contributed by atoms with Crippen molar-refractivity contribution in [2.75, 3.05) is 6.61 Å². The molecule has 1 aliphatic rings. The van der Waals surface area contributed by atoms with Gasteiger partial charge in [0.05, 0.1) is 23.7 Å². The van der Waals surface area contributed by atoms with Crippen molar-refractivity contribution >= 4 is 11.6 Å². The van der Waals surface area contributed by atoms with Crippen molar-refractivity contribution in [2.45, 2.75) is 50.2 Å². The molecule has 0 aliphatic carbocycles. The number of halogens is 1. The third-order valence-electron chi connectivity index (χ3n) is 2.40. The van der Waals surface area contributed by atoms with Crippen LogP contribution in [0, 0.1) is 0 Å². The van der Waals surface area contributed by atoms with Crippen LogP contribution in [0.4, 0.5) is 0 Å². The van der Waals surface area contributed by atoms with Crippen LogP contribution in [0.5, 0.6) is 0 Å². The lowest BCUT2D eigenvalue weighted by Gasteiger charge is -2.37. The summed E-state index contributed by atoms with van der Waals surface area (Å²) >= 11 is 5.90. The molecule has 3 heteroatoms. The Hall–Kier alpha value is 0.210. The molecule has 3 unspecified atom stereocenters. The SMILES string of the molecule is CCCC1CC(C)(O)C(Cl)CO1. The average molecular weight is 193 g/mol. The van der Waals surface area contributed by atoms with E-state index in [0.717, 1.165) is 12.8 Å². The molecule has 0 saturated carbocycles. The van der Waals surface area contributed by atoms with Crippen molar-refractivity contribution in [2.24, 2.45) is 0 Å². The van der Waals surface area contributed by atoms with E-state index in [2.05, 4.69) is 6.92 Å². The zero-order valence-corrected chi connectivity index (χ0v) is 8.47. The molecule has 0 aromatic rings. The Bertz CT molecular complexity index is 147. The maximum absolute atomic E-state index is 9.83. The van der Waals surface area contributed by atoms with Crippen molar-refractivity contribution in [1.82, 2.24) is 0 Å². The van der Waals surface area contributed by atoms with Crippen molar-refractivity contribution in [3.63, 3.8) is 0 Å². The van der Waals surface area contributed by atoms with Crippen LogP contribution in [0.15, 0.2) is 0 Å². The van der Waals surface area contributed by atoms with Gasteiger partial charge in [0, 0.05) is 6.42 Å². The molecule has 0 aromatic heterocycles. The Labute approximate surface area is 78.9 Å². The first-order valence-electron chi connectivity index (χ1n) is 4.54. The minimum absolute atomic E-state index is 0.194. The molecule has 72 valence electrons. The van der Waals surface area contributed by atoms with Crippen LogP contribution in [0.1, 0.15) is 33.1 Å². The number of hydrogen-bond acceptors (Lipinski definition) is 2. The lowest BCUT2D eigenvalue weighted by molar-refractivity contribution is -0.0917. The fraction of sp³-hybridized carbons (Fsp3) is 1.00. The van der Waals surface area contributed by atoms with E-state index in [1.165, 1.54) is 0 Å². The molecular formula is C9H17ClO2. The van der Waals surface area contributed by atoms with Gasteiger partial charge in [0.1, 0.15) is 0 Å². The fourth-order valence-electron chi connectivity index (χ4n) is 1.56. The molecule has 0 radical (unpaired) electrons. The number of rotatable bonds is 2. The predicted octanol–water partition coefficient (Wildman–Crippen LogP) is 1.93. The van der Waals surface area contributed by atoms with E-state index in [-0.39, 0.29) is 11.5 Å². The summed E-state index contributed by atoms with van der Waals surface area (Å²) in [5, 5.41) is 9.57. The molecule has 0 aromatic carbocycles. The third-order valence-corrected chi connectivity index (χ3v) is 3.00. The maximum Gasteiger partial charge on any atom is 0.0855 e. The average Bonchev–Trinajstić information content (AvgIpc) is 1.97. The number of ether oxygens (including phenoxy) is 1. The van der Waals surface area contributed by atoms with E-state index in [9.17, 15) is 5.11 Å². The summed E-state index contributed by atoms with van der Waals surface area (Å²) in [5.41, 5.74) is -0.750. The van der Waals surface area contributed by atoms with Gasteiger partial charge in [0.15, 0.2) is 0 Å². The van der Waals surface area contributed by atoms with Gasteiger partial charge in [-0.1, -0.05) is 13.3 Å². The minimum atomic E-state index is -0.750. The lowest BCUT2D eigenvalue weighted by atomic mass is 9.90. The molecule has 1 heterocycles.